The molecule has 5 nitrogen and oxygen atoms in total. The van der Waals surface area contributed by atoms with Crippen LogP contribution >= 0.6 is 0 Å². The van der Waals surface area contributed by atoms with Gasteiger partial charge in [-0.05, 0) is 7.05 Å². The number of hydrogen-bond acceptors (Lipinski definition) is 5. The van der Waals surface area contributed by atoms with E-state index in [9.17, 15) is 0 Å². The molecule has 60 valence electrons. The number of nitrogens with two attached hydrogens (primary N) is 1. The van der Waals surface area contributed by atoms with E-state index < -0.39 is 12.6 Å². The van der Waals surface area contributed by atoms with Gasteiger partial charge in [0.25, 0.3) is 0 Å². The first-order valence-electron chi connectivity index (χ1n) is 3.21. The Morgan fingerprint density at radius 2 is 2.20 bits per heavy atom. The summed E-state index contributed by atoms with van der Waals surface area (Å²) in [4.78, 5) is 1.59. The minimum atomic E-state index is -0.774. The third kappa shape index (κ3) is 1.14. The smallest absolute Gasteiger partial charge is 0.165 e. The van der Waals surface area contributed by atoms with Gasteiger partial charge in [-0.1, -0.05) is 0 Å². The van der Waals surface area contributed by atoms with Crippen LogP contribution < -0.4 is 11.1 Å². The van der Waals surface area contributed by atoms with Crippen LogP contribution in [0, 0.1) is 0 Å². The van der Waals surface area contributed by atoms with E-state index in [1.54, 1.807) is 11.9 Å². The zero-order valence-electron chi connectivity index (χ0n) is 5.86. The minimum Gasteiger partial charge on any atom is -0.377 e. The summed E-state index contributed by atoms with van der Waals surface area (Å²) >= 11 is 0. The zero-order chi connectivity index (χ0) is 7.72. The van der Waals surface area contributed by atoms with Gasteiger partial charge in [-0.15, -0.1) is 0 Å². The Balaban J connectivity index is 2.55. The molecule has 1 fully saturated rings. The lowest BCUT2D eigenvalue weighted by Crippen LogP contribution is -2.41. The molecule has 0 bridgehead atoms. The molecule has 0 amide bonds. The summed E-state index contributed by atoms with van der Waals surface area (Å²) in [5, 5.41) is 20.7. The van der Waals surface area contributed by atoms with Crippen LogP contribution in [0.1, 0.15) is 0 Å². The number of nitrogens with one attached hydrogen (secondary N) is 1. The van der Waals surface area contributed by atoms with Crippen LogP contribution in [-0.4, -0.2) is 47.3 Å². The van der Waals surface area contributed by atoms with Gasteiger partial charge < -0.3 is 15.9 Å². The summed E-state index contributed by atoms with van der Waals surface area (Å²) in [5.74, 6) is 0. The summed E-state index contributed by atoms with van der Waals surface area (Å²) in [6, 6.07) is -0.185. The van der Waals surface area contributed by atoms with Crippen molar-refractivity contribution in [3.63, 3.8) is 0 Å². The SMILES string of the molecule is CN1C(O)NC(O)[C@@H]1CN. The number of aliphatic hydroxyl groups excluding tert-OH is 2. The van der Waals surface area contributed by atoms with Crippen LogP contribution in [0.25, 0.3) is 0 Å². The highest BCUT2D eigenvalue weighted by Gasteiger charge is 2.34. The van der Waals surface area contributed by atoms with E-state index in [0.717, 1.165) is 0 Å². The fraction of sp³-hybridized carbons (Fsp3) is 1.00. The summed E-state index contributed by atoms with van der Waals surface area (Å²) in [6.07, 6.45) is -1.49. The highest BCUT2D eigenvalue weighted by molar-refractivity contribution is 4.84. The molecule has 10 heavy (non-hydrogen) atoms. The number of likely N-dealkylation sites (N-methyl/N-ethyl adjacent to an activating group) is 1. The molecule has 0 aromatic heterocycles. The Hall–Kier alpha value is -0.200. The molecule has 0 radical (unpaired) electrons. The zero-order valence-corrected chi connectivity index (χ0v) is 5.86. The number of hydrogen-bond donors (Lipinski definition) is 4. The molecular weight excluding hydrogens is 134 g/mol. The van der Waals surface area contributed by atoms with Crippen molar-refractivity contribution >= 4 is 0 Å². The Morgan fingerprint density at radius 3 is 2.40 bits per heavy atom. The second-order valence-corrected chi connectivity index (χ2v) is 2.45. The van der Waals surface area contributed by atoms with Crippen molar-refractivity contribution < 1.29 is 10.2 Å². The lowest BCUT2D eigenvalue weighted by Gasteiger charge is -2.19. The molecule has 0 aliphatic carbocycles. The molecular formula is C5H13N3O2. The van der Waals surface area contributed by atoms with Crippen LogP contribution in [-0.2, 0) is 0 Å². The molecule has 5 heteroatoms. The minimum absolute atomic E-state index is 0.185. The Bertz CT molecular complexity index is 121. The van der Waals surface area contributed by atoms with Crippen LogP contribution in [0.15, 0.2) is 0 Å². The van der Waals surface area contributed by atoms with Gasteiger partial charge in [-0.2, -0.15) is 0 Å². The largest absolute Gasteiger partial charge is 0.377 e. The molecule has 1 heterocycles. The standard InChI is InChI=1S/C5H13N3O2/c1-8-3(2-6)4(9)7-5(8)10/h3-5,7,9-10H,2,6H2,1H3/t3-,4?,5?/m0/s1. The van der Waals surface area contributed by atoms with Gasteiger partial charge in [0, 0.05) is 6.54 Å². The van der Waals surface area contributed by atoms with Crippen LogP contribution in [0.3, 0.4) is 0 Å². The molecule has 0 aromatic carbocycles. The molecule has 2 unspecified atom stereocenters. The highest BCUT2D eigenvalue weighted by Crippen LogP contribution is 2.09. The average Bonchev–Trinajstić information content (AvgIpc) is 2.09. The van der Waals surface area contributed by atoms with Gasteiger partial charge in [0.2, 0.25) is 0 Å². The van der Waals surface area contributed by atoms with Crippen LogP contribution in [0.5, 0.6) is 0 Å². The Kier molecular flexibility index (Phi) is 2.22. The van der Waals surface area contributed by atoms with E-state index in [-0.39, 0.29) is 6.04 Å². The second kappa shape index (κ2) is 2.81. The van der Waals surface area contributed by atoms with Gasteiger partial charge in [0.05, 0.1) is 6.04 Å². The first-order valence-corrected chi connectivity index (χ1v) is 3.21. The van der Waals surface area contributed by atoms with Crippen molar-refractivity contribution in [1.82, 2.24) is 10.2 Å². The molecule has 3 atom stereocenters. The normalized spacial score (nSPS) is 42.6. The molecule has 0 spiro atoms. The van der Waals surface area contributed by atoms with Gasteiger partial charge in [0.1, 0.15) is 6.23 Å². The molecule has 5 N–H and O–H groups in total. The van der Waals surface area contributed by atoms with E-state index in [1.807, 2.05) is 0 Å². The van der Waals surface area contributed by atoms with Crippen molar-refractivity contribution in [3.05, 3.63) is 0 Å². The topological polar surface area (TPSA) is 81.8 Å². The third-order valence-electron chi connectivity index (χ3n) is 1.83. The van der Waals surface area contributed by atoms with Gasteiger partial charge in [-0.25, -0.2) is 0 Å². The van der Waals surface area contributed by atoms with Gasteiger partial charge in [0.15, 0.2) is 6.35 Å². The lowest BCUT2D eigenvalue weighted by molar-refractivity contribution is 0.0243. The van der Waals surface area contributed by atoms with E-state index in [0.29, 0.717) is 6.54 Å². The Labute approximate surface area is 59.4 Å². The fourth-order valence-corrected chi connectivity index (χ4v) is 1.08. The maximum Gasteiger partial charge on any atom is 0.165 e. The summed E-state index contributed by atoms with van der Waals surface area (Å²) in [5.41, 5.74) is 5.32. The molecule has 1 rings (SSSR count). The average molecular weight is 147 g/mol. The Morgan fingerprint density at radius 1 is 1.60 bits per heavy atom. The summed E-state index contributed by atoms with van der Waals surface area (Å²) < 4.78 is 0. The quantitative estimate of drug-likeness (QED) is 0.328. The molecule has 1 aliphatic heterocycles. The molecule has 0 saturated carbocycles. The van der Waals surface area contributed by atoms with Gasteiger partial charge >= 0.3 is 0 Å². The predicted molar refractivity (Wildman–Crippen MR) is 35.8 cm³/mol. The third-order valence-corrected chi connectivity index (χ3v) is 1.83. The van der Waals surface area contributed by atoms with Crippen LogP contribution in [0.4, 0.5) is 0 Å². The van der Waals surface area contributed by atoms with E-state index in [2.05, 4.69) is 5.32 Å². The number of rotatable bonds is 1. The van der Waals surface area contributed by atoms with E-state index in [1.165, 1.54) is 0 Å². The van der Waals surface area contributed by atoms with Crippen molar-refractivity contribution in [2.75, 3.05) is 13.6 Å². The monoisotopic (exact) mass is 147 g/mol. The summed E-state index contributed by atoms with van der Waals surface area (Å²) in [7, 11) is 1.70. The number of nitrogens with zero attached hydrogens (tertiary/aromatic N) is 1. The van der Waals surface area contributed by atoms with Crippen molar-refractivity contribution in [2.45, 2.75) is 18.6 Å². The molecule has 1 saturated heterocycles. The maximum absolute atomic E-state index is 9.14. The number of aliphatic hydroxyl groups is 2. The van der Waals surface area contributed by atoms with Crippen molar-refractivity contribution in [3.8, 4) is 0 Å². The fourth-order valence-electron chi connectivity index (χ4n) is 1.08. The highest BCUT2D eigenvalue weighted by atomic mass is 16.3. The molecule has 0 aromatic rings. The van der Waals surface area contributed by atoms with E-state index in [4.69, 9.17) is 15.9 Å². The predicted octanol–water partition coefficient (Wildman–Crippen LogP) is -2.56. The van der Waals surface area contributed by atoms with Crippen molar-refractivity contribution in [1.29, 1.82) is 0 Å². The first kappa shape index (κ1) is 7.90. The second-order valence-electron chi connectivity index (χ2n) is 2.45. The van der Waals surface area contributed by atoms with Gasteiger partial charge in [-0.3, -0.25) is 10.2 Å². The van der Waals surface area contributed by atoms with E-state index >= 15 is 0 Å². The summed E-state index contributed by atoms with van der Waals surface area (Å²) in [6.45, 7) is 0.335. The molecule has 1 aliphatic rings. The van der Waals surface area contributed by atoms with Crippen molar-refractivity contribution in [2.24, 2.45) is 5.73 Å². The maximum atomic E-state index is 9.14. The van der Waals surface area contributed by atoms with Crippen LogP contribution in [0.2, 0.25) is 0 Å². The lowest BCUT2D eigenvalue weighted by atomic mass is 10.3. The first-order chi connectivity index (χ1) is 4.66.